The van der Waals surface area contributed by atoms with E-state index in [0.717, 1.165) is 16.9 Å². The zero-order valence-electron chi connectivity index (χ0n) is 14.2. The summed E-state index contributed by atoms with van der Waals surface area (Å²) in [6.45, 7) is 0.333. The molecule has 2 N–H and O–H groups in total. The first kappa shape index (κ1) is 16.6. The molecule has 0 fully saturated rings. The van der Waals surface area contributed by atoms with Gasteiger partial charge in [-0.1, -0.05) is 12.1 Å². The maximum atomic E-state index is 11.8. The fourth-order valence-corrected chi connectivity index (χ4v) is 2.27. The van der Waals surface area contributed by atoms with Gasteiger partial charge in [0.25, 0.3) is 5.91 Å². The van der Waals surface area contributed by atoms with Crippen molar-refractivity contribution in [2.45, 2.75) is 0 Å². The van der Waals surface area contributed by atoms with E-state index in [4.69, 9.17) is 9.47 Å². The van der Waals surface area contributed by atoms with Crippen LogP contribution in [0, 0.1) is 0 Å². The number of hydrogen-bond acceptors (Lipinski definition) is 6. The number of anilines is 2. The molecular weight excluding hydrogens is 320 g/mol. The minimum atomic E-state index is -0.237. The molecule has 0 spiro atoms. The van der Waals surface area contributed by atoms with Gasteiger partial charge in [0.1, 0.15) is 0 Å². The van der Waals surface area contributed by atoms with Gasteiger partial charge in [-0.2, -0.15) is 5.10 Å². The second-order valence-corrected chi connectivity index (χ2v) is 5.70. The van der Waals surface area contributed by atoms with Crippen LogP contribution in [0.15, 0.2) is 47.6 Å². The van der Waals surface area contributed by atoms with E-state index in [-0.39, 0.29) is 19.2 Å². The highest BCUT2D eigenvalue weighted by Gasteiger charge is 2.13. The first-order valence-corrected chi connectivity index (χ1v) is 7.84. The van der Waals surface area contributed by atoms with Crippen LogP contribution in [0.3, 0.4) is 0 Å². The maximum Gasteiger partial charge on any atom is 0.259 e. The van der Waals surface area contributed by atoms with Crippen molar-refractivity contribution < 1.29 is 14.3 Å². The van der Waals surface area contributed by atoms with Crippen molar-refractivity contribution in [2.24, 2.45) is 5.10 Å². The molecule has 0 bridgehead atoms. The van der Waals surface area contributed by atoms with Crippen LogP contribution in [0.2, 0.25) is 0 Å². The summed E-state index contributed by atoms with van der Waals surface area (Å²) in [6, 6.07) is 13.3. The molecule has 25 heavy (non-hydrogen) atoms. The standard InChI is InChI=1S/C18H20N4O3/c1-22(2)15-6-3-13(4-7-15)10-20-21-18(23)11-19-14-5-8-16-17(9-14)25-12-24-16/h3-10,19H,11-12H2,1-2H3,(H,21,23)/b20-10+. The van der Waals surface area contributed by atoms with Crippen LogP contribution in [0.25, 0.3) is 0 Å². The van der Waals surface area contributed by atoms with Crippen LogP contribution >= 0.6 is 0 Å². The molecule has 2 aromatic rings. The second-order valence-electron chi connectivity index (χ2n) is 5.70. The SMILES string of the molecule is CN(C)c1ccc(/C=N/NC(=O)CNc2ccc3c(c2)OCO3)cc1. The number of rotatable bonds is 6. The molecule has 1 aliphatic heterocycles. The molecule has 0 saturated carbocycles. The second kappa shape index (κ2) is 7.57. The molecule has 0 saturated heterocycles. The minimum absolute atomic E-state index is 0.108. The van der Waals surface area contributed by atoms with Crippen LogP contribution in [-0.4, -0.2) is 39.6 Å². The van der Waals surface area contributed by atoms with E-state index in [2.05, 4.69) is 15.8 Å². The Morgan fingerprint density at radius 1 is 1.16 bits per heavy atom. The van der Waals surface area contributed by atoms with E-state index in [0.29, 0.717) is 11.5 Å². The largest absolute Gasteiger partial charge is 0.454 e. The van der Waals surface area contributed by atoms with Gasteiger partial charge < -0.3 is 19.7 Å². The lowest BCUT2D eigenvalue weighted by Crippen LogP contribution is -2.25. The van der Waals surface area contributed by atoms with Crippen molar-refractivity contribution >= 4 is 23.5 Å². The predicted molar refractivity (Wildman–Crippen MR) is 97.6 cm³/mol. The minimum Gasteiger partial charge on any atom is -0.454 e. The fourth-order valence-electron chi connectivity index (χ4n) is 2.27. The Labute approximate surface area is 146 Å². The van der Waals surface area contributed by atoms with Crippen LogP contribution in [0.1, 0.15) is 5.56 Å². The Morgan fingerprint density at radius 2 is 1.92 bits per heavy atom. The summed E-state index contributed by atoms with van der Waals surface area (Å²) in [4.78, 5) is 13.9. The average molecular weight is 340 g/mol. The van der Waals surface area contributed by atoms with E-state index in [9.17, 15) is 4.79 Å². The zero-order valence-corrected chi connectivity index (χ0v) is 14.2. The molecular formula is C18H20N4O3. The summed E-state index contributed by atoms with van der Waals surface area (Å²) in [6.07, 6.45) is 1.61. The maximum absolute atomic E-state index is 11.8. The molecule has 0 atom stereocenters. The van der Waals surface area contributed by atoms with E-state index in [1.165, 1.54) is 0 Å². The number of fused-ring (bicyclic) bond motifs is 1. The monoisotopic (exact) mass is 340 g/mol. The number of carbonyl (C=O) groups is 1. The number of amides is 1. The molecule has 3 rings (SSSR count). The van der Waals surface area contributed by atoms with Crippen molar-refractivity contribution in [1.82, 2.24) is 5.43 Å². The molecule has 0 aromatic heterocycles. The van der Waals surface area contributed by atoms with Gasteiger partial charge in [-0.25, -0.2) is 5.43 Å². The van der Waals surface area contributed by atoms with Gasteiger partial charge in [-0.15, -0.1) is 0 Å². The van der Waals surface area contributed by atoms with E-state index < -0.39 is 0 Å². The quantitative estimate of drug-likeness (QED) is 0.622. The number of ether oxygens (including phenoxy) is 2. The third kappa shape index (κ3) is 4.41. The normalized spacial score (nSPS) is 12.2. The molecule has 1 heterocycles. The Morgan fingerprint density at radius 3 is 2.68 bits per heavy atom. The summed E-state index contributed by atoms with van der Waals surface area (Å²) >= 11 is 0. The molecule has 130 valence electrons. The number of nitrogens with one attached hydrogen (secondary N) is 2. The summed E-state index contributed by atoms with van der Waals surface area (Å²) in [5, 5.41) is 6.98. The molecule has 7 nitrogen and oxygen atoms in total. The lowest BCUT2D eigenvalue weighted by Gasteiger charge is -2.11. The average Bonchev–Trinajstić information content (AvgIpc) is 3.08. The third-order valence-electron chi connectivity index (χ3n) is 3.64. The zero-order chi connectivity index (χ0) is 17.6. The Hall–Kier alpha value is -3.22. The van der Waals surface area contributed by atoms with E-state index >= 15 is 0 Å². The Balaban J connectivity index is 1.46. The van der Waals surface area contributed by atoms with Crippen molar-refractivity contribution in [3.63, 3.8) is 0 Å². The molecule has 0 unspecified atom stereocenters. The molecule has 1 aliphatic rings. The molecule has 0 aliphatic carbocycles. The smallest absolute Gasteiger partial charge is 0.259 e. The highest BCUT2D eigenvalue weighted by Crippen LogP contribution is 2.34. The number of carbonyl (C=O) groups excluding carboxylic acids is 1. The highest BCUT2D eigenvalue weighted by molar-refractivity contribution is 5.84. The van der Waals surface area contributed by atoms with E-state index in [1.807, 2.05) is 49.3 Å². The van der Waals surface area contributed by atoms with Gasteiger partial charge in [0, 0.05) is 31.5 Å². The van der Waals surface area contributed by atoms with Crippen LogP contribution in [0.5, 0.6) is 11.5 Å². The van der Waals surface area contributed by atoms with Crippen molar-refractivity contribution in [2.75, 3.05) is 37.6 Å². The summed E-state index contributed by atoms with van der Waals surface area (Å²) < 4.78 is 10.5. The van der Waals surface area contributed by atoms with E-state index in [1.54, 1.807) is 18.3 Å². The summed E-state index contributed by atoms with van der Waals surface area (Å²) in [7, 11) is 3.97. The summed E-state index contributed by atoms with van der Waals surface area (Å²) in [5.41, 5.74) is 5.29. The van der Waals surface area contributed by atoms with Crippen molar-refractivity contribution in [1.29, 1.82) is 0 Å². The van der Waals surface area contributed by atoms with Gasteiger partial charge in [0.05, 0.1) is 12.8 Å². The number of hydrogen-bond donors (Lipinski definition) is 2. The molecule has 7 heteroatoms. The highest BCUT2D eigenvalue weighted by atomic mass is 16.7. The van der Waals surface area contributed by atoms with Gasteiger partial charge in [0.15, 0.2) is 11.5 Å². The Kier molecular flexibility index (Phi) is 5.03. The number of benzene rings is 2. The predicted octanol–water partition coefficient (Wildman–Crippen LogP) is 2.04. The van der Waals surface area contributed by atoms with Crippen LogP contribution in [0.4, 0.5) is 11.4 Å². The lowest BCUT2D eigenvalue weighted by atomic mass is 10.2. The molecule has 0 radical (unpaired) electrons. The van der Waals surface area contributed by atoms with Crippen molar-refractivity contribution in [3.05, 3.63) is 48.0 Å². The fraction of sp³-hybridized carbons (Fsp3) is 0.222. The van der Waals surface area contributed by atoms with Crippen molar-refractivity contribution in [3.8, 4) is 11.5 Å². The van der Waals surface area contributed by atoms with Gasteiger partial charge in [-0.3, -0.25) is 4.79 Å². The molecule has 2 aromatic carbocycles. The van der Waals surface area contributed by atoms with Crippen LogP contribution < -0.4 is 25.1 Å². The first-order valence-electron chi connectivity index (χ1n) is 7.84. The lowest BCUT2D eigenvalue weighted by molar-refractivity contribution is -0.119. The Bertz CT molecular complexity index is 772. The van der Waals surface area contributed by atoms with Gasteiger partial charge >= 0.3 is 0 Å². The number of nitrogens with zero attached hydrogens (tertiary/aromatic N) is 2. The first-order chi connectivity index (χ1) is 12.1. The third-order valence-corrected chi connectivity index (χ3v) is 3.64. The van der Waals surface area contributed by atoms with Crippen LogP contribution in [-0.2, 0) is 4.79 Å². The topological polar surface area (TPSA) is 75.2 Å². The van der Waals surface area contributed by atoms with Gasteiger partial charge in [0.2, 0.25) is 6.79 Å². The summed E-state index contributed by atoms with van der Waals surface area (Å²) in [5.74, 6) is 1.14. The number of hydrazone groups is 1. The van der Waals surface area contributed by atoms with Gasteiger partial charge in [-0.05, 0) is 29.8 Å². The molecule has 1 amide bonds.